The molecule has 1 heterocycles. The molecule has 8 nitrogen and oxygen atoms in total. The average molecular weight is 573 g/mol. The van der Waals surface area contributed by atoms with E-state index in [1.54, 1.807) is 0 Å². The topological polar surface area (TPSA) is 118 Å². The predicted molar refractivity (Wildman–Crippen MR) is 148 cm³/mol. The summed E-state index contributed by atoms with van der Waals surface area (Å²) >= 11 is 1.84. The molecule has 0 saturated carbocycles. The highest BCUT2D eigenvalue weighted by molar-refractivity contribution is 8.43. The average Bonchev–Trinajstić information content (AvgIpc) is 3.73. The van der Waals surface area contributed by atoms with Gasteiger partial charge in [0.2, 0.25) is 0 Å². The summed E-state index contributed by atoms with van der Waals surface area (Å²) in [6, 6.07) is 19.1. The van der Waals surface area contributed by atoms with Gasteiger partial charge in [0.05, 0.1) is 62.6 Å². The molecule has 1 aliphatic carbocycles. The molecule has 2 unspecified atom stereocenters. The molecule has 4 rings (SSSR count). The molecule has 2 aliphatic rings. The van der Waals surface area contributed by atoms with Crippen LogP contribution in [-0.2, 0) is 16.7 Å². The summed E-state index contributed by atoms with van der Waals surface area (Å²) < 4.78 is 25.5. The molecule has 0 radical (unpaired) electrons. The maximum absolute atomic E-state index is 9.89. The monoisotopic (exact) mass is 572 g/mol. The van der Waals surface area contributed by atoms with E-state index in [0.717, 1.165) is 9.79 Å². The fourth-order valence-electron chi connectivity index (χ4n) is 4.58. The predicted octanol–water partition coefficient (Wildman–Crippen LogP) is 3.55. The van der Waals surface area contributed by atoms with Gasteiger partial charge in [-0.2, -0.15) is 0 Å². The number of hydrogen-bond donors (Lipinski definition) is 4. The third-order valence-corrected chi connectivity index (χ3v) is 14.8. The summed E-state index contributed by atoms with van der Waals surface area (Å²) in [4.78, 5) is 1.53. The van der Waals surface area contributed by atoms with E-state index >= 15 is 0 Å². The lowest BCUT2D eigenvalue weighted by Gasteiger charge is -2.66. The fourth-order valence-corrected chi connectivity index (χ4v) is 14.0. The van der Waals surface area contributed by atoms with Gasteiger partial charge in [-0.15, -0.1) is 32.9 Å². The highest BCUT2D eigenvalue weighted by Crippen LogP contribution is 2.86. The Morgan fingerprint density at radius 1 is 0.676 bits per heavy atom. The number of thioether (sulfide) groups is 1. The summed E-state index contributed by atoms with van der Waals surface area (Å²) in [5, 5.41) is 40.2. The van der Waals surface area contributed by atoms with Crippen molar-refractivity contribution >= 4 is 32.9 Å². The number of aliphatic hydroxyl groups excluding tert-OH is 4. The molecule has 2 aromatic rings. The van der Waals surface area contributed by atoms with Crippen LogP contribution in [0, 0.1) is 0 Å². The van der Waals surface area contributed by atoms with Crippen LogP contribution >= 0.6 is 32.9 Å². The molecular formula is C26H36O8S3. The van der Waals surface area contributed by atoms with Gasteiger partial charge in [0.1, 0.15) is 0 Å². The van der Waals surface area contributed by atoms with E-state index < -0.39 is 25.3 Å². The van der Waals surface area contributed by atoms with Crippen LogP contribution in [0.5, 0.6) is 0 Å². The van der Waals surface area contributed by atoms with Crippen molar-refractivity contribution in [3.05, 3.63) is 72.8 Å². The van der Waals surface area contributed by atoms with Crippen LogP contribution in [-0.4, -0.2) is 87.9 Å². The minimum absolute atomic E-state index is 0.00318. The molecule has 11 heteroatoms. The van der Waals surface area contributed by atoms with Gasteiger partial charge in [0, 0.05) is 16.9 Å². The molecular weight excluding hydrogens is 536 g/mol. The van der Waals surface area contributed by atoms with Gasteiger partial charge in [0.25, 0.3) is 0 Å². The van der Waals surface area contributed by atoms with E-state index in [0.29, 0.717) is 11.7 Å². The van der Waals surface area contributed by atoms with Crippen LogP contribution in [0.3, 0.4) is 0 Å². The van der Waals surface area contributed by atoms with Crippen LogP contribution in [0.4, 0.5) is 0 Å². The quantitative estimate of drug-likeness (QED) is 0.177. The van der Waals surface area contributed by atoms with Crippen LogP contribution in [0.15, 0.2) is 82.6 Å². The van der Waals surface area contributed by atoms with Crippen molar-refractivity contribution in [3.63, 3.8) is 0 Å². The van der Waals surface area contributed by atoms with Gasteiger partial charge in [-0.25, -0.2) is 0 Å². The summed E-state index contributed by atoms with van der Waals surface area (Å²) in [6.07, 6.45) is 4.81. The Bertz CT molecular complexity index is 914. The number of rotatable bonds is 16. The van der Waals surface area contributed by atoms with E-state index in [1.807, 2.05) is 72.4 Å². The number of hydrogen-bond acceptors (Lipinski definition) is 9. The first kappa shape index (κ1) is 28.9. The Balaban J connectivity index is 2.06. The highest BCUT2D eigenvalue weighted by Gasteiger charge is 2.64. The van der Waals surface area contributed by atoms with Crippen molar-refractivity contribution in [2.45, 2.75) is 30.8 Å². The molecule has 0 bridgehead atoms. The molecule has 1 fully saturated rings. The number of fused-ring (bicyclic) bond motifs is 1. The lowest BCUT2D eigenvalue weighted by molar-refractivity contribution is 0.153. The van der Waals surface area contributed by atoms with Crippen molar-refractivity contribution in [2.24, 2.45) is 0 Å². The van der Waals surface area contributed by atoms with Crippen LogP contribution in [0.25, 0.3) is 0 Å². The van der Waals surface area contributed by atoms with Gasteiger partial charge in [-0.3, -0.25) is 16.7 Å². The zero-order chi connectivity index (χ0) is 26.2. The SMILES string of the molecule is OCCOS(OCCO)(c1ccccc1)C1(S(OCCO)(OCCO)c2ccccc2)C=CC2SC2C1. The van der Waals surface area contributed by atoms with Gasteiger partial charge < -0.3 is 20.4 Å². The maximum Gasteiger partial charge on any atom is 0.177 e. The normalized spacial score (nSPS) is 21.4. The summed E-state index contributed by atoms with van der Waals surface area (Å²) in [6.45, 7) is -0.928. The van der Waals surface area contributed by atoms with E-state index in [9.17, 15) is 20.4 Å². The van der Waals surface area contributed by atoms with Gasteiger partial charge in [0.15, 0.2) is 4.08 Å². The lowest BCUT2D eigenvalue weighted by atomic mass is 10.1. The lowest BCUT2D eigenvalue weighted by Crippen LogP contribution is -2.46. The Morgan fingerprint density at radius 3 is 1.43 bits per heavy atom. The molecule has 0 amide bonds. The Labute approximate surface area is 226 Å². The summed E-state index contributed by atoms with van der Waals surface area (Å²) in [7, 11) is -5.66. The Morgan fingerprint density at radius 2 is 1.08 bits per heavy atom. The smallest absolute Gasteiger partial charge is 0.177 e. The molecule has 37 heavy (non-hydrogen) atoms. The highest BCUT2D eigenvalue weighted by atomic mass is 32.3. The van der Waals surface area contributed by atoms with Crippen molar-refractivity contribution < 1.29 is 37.2 Å². The largest absolute Gasteiger partial charge is 0.394 e. The van der Waals surface area contributed by atoms with E-state index in [1.165, 1.54) is 0 Å². The van der Waals surface area contributed by atoms with E-state index in [2.05, 4.69) is 12.2 Å². The molecule has 1 aliphatic heterocycles. The molecule has 206 valence electrons. The first-order chi connectivity index (χ1) is 18.1. The number of benzene rings is 2. The van der Waals surface area contributed by atoms with Crippen LogP contribution in [0.2, 0.25) is 0 Å². The fraction of sp³-hybridized carbons (Fsp3) is 0.462. The van der Waals surface area contributed by atoms with Crippen LogP contribution in [0.1, 0.15) is 6.42 Å². The Kier molecular flexibility index (Phi) is 10.4. The molecule has 4 N–H and O–H groups in total. The molecule has 1 saturated heterocycles. The standard InChI is InChI=1S/C26H36O8S3/c27-13-17-31-36(32-18-14-28,22-7-3-1-4-8-22)26(12-11-24-25(21-26)35-24)37(33-19-15-29,34-20-16-30)23-9-5-2-6-10-23/h1-12,24-25,27-30H,13-21H2. The third kappa shape index (κ3) is 5.64. The minimum Gasteiger partial charge on any atom is -0.394 e. The van der Waals surface area contributed by atoms with Crippen LogP contribution < -0.4 is 0 Å². The summed E-state index contributed by atoms with van der Waals surface area (Å²) in [5.74, 6) is 0. The maximum atomic E-state index is 9.89. The van der Waals surface area contributed by atoms with Gasteiger partial charge in [-0.05, 0) is 30.3 Å². The second kappa shape index (κ2) is 13.3. The van der Waals surface area contributed by atoms with Crippen molar-refractivity contribution in [3.8, 4) is 0 Å². The molecule has 2 atom stereocenters. The molecule has 0 spiro atoms. The van der Waals surface area contributed by atoms with Gasteiger partial charge in [-0.1, -0.05) is 42.5 Å². The first-order valence-electron chi connectivity index (χ1n) is 12.2. The third-order valence-electron chi connectivity index (χ3n) is 6.03. The van der Waals surface area contributed by atoms with Crippen molar-refractivity contribution in [2.75, 3.05) is 52.9 Å². The van der Waals surface area contributed by atoms with Gasteiger partial charge >= 0.3 is 0 Å². The van der Waals surface area contributed by atoms with E-state index in [4.69, 9.17) is 16.7 Å². The number of aliphatic hydroxyl groups is 4. The first-order valence-corrected chi connectivity index (χ1v) is 16.2. The van der Waals surface area contributed by atoms with Crippen molar-refractivity contribution in [1.82, 2.24) is 0 Å². The molecule has 0 aromatic heterocycles. The second-order valence-electron chi connectivity index (χ2n) is 8.33. The minimum atomic E-state index is -2.83. The zero-order valence-corrected chi connectivity index (χ0v) is 23.0. The zero-order valence-electron chi connectivity index (χ0n) is 20.6. The summed E-state index contributed by atoms with van der Waals surface area (Å²) in [5.41, 5.74) is 0. The Hall–Kier alpha value is -1.09. The molecule has 2 aromatic carbocycles. The van der Waals surface area contributed by atoms with Crippen molar-refractivity contribution in [1.29, 1.82) is 0 Å². The second-order valence-corrected chi connectivity index (χ2v) is 15.4. The van der Waals surface area contributed by atoms with E-state index in [-0.39, 0.29) is 58.1 Å².